The van der Waals surface area contributed by atoms with Crippen LogP contribution in [-0.4, -0.2) is 21.9 Å². The summed E-state index contributed by atoms with van der Waals surface area (Å²) in [6.45, 7) is 4.44. The van der Waals surface area contributed by atoms with Crippen LogP contribution in [0.2, 0.25) is 0 Å². The van der Waals surface area contributed by atoms with E-state index in [-0.39, 0.29) is 0 Å². The van der Waals surface area contributed by atoms with E-state index >= 15 is 0 Å². The van der Waals surface area contributed by atoms with Crippen LogP contribution in [0.25, 0.3) is 10.9 Å². The lowest BCUT2D eigenvalue weighted by Crippen LogP contribution is -2.12. The van der Waals surface area contributed by atoms with E-state index in [1.165, 1.54) is 0 Å². The van der Waals surface area contributed by atoms with Gasteiger partial charge in [-0.3, -0.25) is 9.98 Å². The number of nitrogens with zero attached hydrogens (tertiary/aromatic N) is 2. The second-order valence-corrected chi connectivity index (χ2v) is 6.10. The minimum Gasteiger partial charge on any atom is -0.335 e. The average molecular weight is 271 g/mol. The van der Waals surface area contributed by atoms with Crippen molar-refractivity contribution in [3.63, 3.8) is 0 Å². The molecule has 0 saturated carbocycles. The highest BCUT2D eigenvalue weighted by atomic mass is 32.2. The molecule has 0 bridgehead atoms. The summed E-state index contributed by atoms with van der Waals surface area (Å²) in [6, 6.07) is 10.7. The maximum atomic E-state index is 4.72. The van der Waals surface area contributed by atoms with Crippen molar-refractivity contribution in [1.29, 1.82) is 0 Å². The monoisotopic (exact) mass is 271 g/mol. The molecule has 1 aromatic carbocycles. The van der Waals surface area contributed by atoms with Crippen molar-refractivity contribution >= 4 is 33.5 Å². The van der Waals surface area contributed by atoms with E-state index in [2.05, 4.69) is 42.3 Å². The largest absolute Gasteiger partial charge is 0.335 e. The van der Waals surface area contributed by atoms with Crippen LogP contribution in [-0.2, 0) is 0 Å². The SMILES string of the molecule is CC(C)C1CSC(Nc2ccc3ncccc3c2)=N1. The van der Waals surface area contributed by atoms with Gasteiger partial charge in [-0.25, -0.2) is 0 Å². The van der Waals surface area contributed by atoms with Gasteiger partial charge in [-0.2, -0.15) is 0 Å². The van der Waals surface area contributed by atoms with Gasteiger partial charge in [-0.15, -0.1) is 0 Å². The third-order valence-corrected chi connectivity index (χ3v) is 4.29. The van der Waals surface area contributed by atoms with Crippen LogP contribution in [0.15, 0.2) is 41.5 Å². The molecule has 2 aromatic rings. The standard InChI is InChI=1S/C15H17N3S/c1-10(2)14-9-19-15(18-14)17-12-5-6-13-11(8-12)4-3-7-16-13/h3-8,10,14H,9H2,1-2H3,(H,17,18). The Kier molecular flexibility index (Phi) is 3.42. The first-order valence-corrected chi connectivity index (χ1v) is 7.53. The lowest BCUT2D eigenvalue weighted by atomic mass is 10.1. The minimum absolute atomic E-state index is 0.439. The highest BCUT2D eigenvalue weighted by Gasteiger charge is 2.20. The van der Waals surface area contributed by atoms with Gasteiger partial charge in [-0.05, 0) is 30.2 Å². The number of rotatable bonds is 2. The fourth-order valence-electron chi connectivity index (χ4n) is 2.08. The number of benzene rings is 1. The zero-order valence-corrected chi connectivity index (χ0v) is 11.9. The lowest BCUT2D eigenvalue weighted by molar-refractivity contribution is 0.543. The predicted octanol–water partition coefficient (Wildman–Crippen LogP) is 3.77. The summed E-state index contributed by atoms with van der Waals surface area (Å²) in [5.41, 5.74) is 2.10. The molecule has 4 heteroatoms. The molecular weight excluding hydrogens is 254 g/mol. The van der Waals surface area contributed by atoms with E-state index in [1.54, 1.807) is 11.8 Å². The number of amidine groups is 1. The van der Waals surface area contributed by atoms with Crippen LogP contribution < -0.4 is 5.32 Å². The van der Waals surface area contributed by atoms with Crippen LogP contribution in [0.4, 0.5) is 5.69 Å². The third kappa shape index (κ3) is 2.73. The summed E-state index contributed by atoms with van der Waals surface area (Å²) in [7, 11) is 0. The smallest absolute Gasteiger partial charge is 0.161 e. The van der Waals surface area contributed by atoms with Crippen LogP contribution in [0.5, 0.6) is 0 Å². The second-order valence-electron chi connectivity index (χ2n) is 5.09. The summed E-state index contributed by atoms with van der Waals surface area (Å²) in [6.07, 6.45) is 1.82. The Morgan fingerprint density at radius 3 is 3.00 bits per heavy atom. The maximum Gasteiger partial charge on any atom is 0.161 e. The zero-order chi connectivity index (χ0) is 13.2. The molecule has 98 valence electrons. The minimum atomic E-state index is 0.439. The normalized spacial score (nSPS) is 18.9. The fourth-order valence-corrected chi connectivity index (χ4v) is 3.26. The number of aromatic nitrogens is 1. The number of fused-ring (bicyclic) bond motifs is 1. The van der Waals surface area contributed by atoms with Gasteiger partial charge in [0.15, 0.2) is 5.17 Å². The predicted molar refractivity (Wildman–Crippen MR) is 83.9 cm³/mol. The van der Waals surface area contributed by atoms with Crippen molar-refractivity contribution in [2.75, 3.05) is 11.1 Å². The van der Waals surface area contributed by atoms with Crippen molar-refractivity contribution in [3.8, 4) is 0 Å². The van der Waals surface area contributed by atoms with Gasteiger partial charge in [0.05, 0.1) is 11.6 Å². The second kappa shape index (κ2) is 5.21. The molecule has 3 rings (SSSR count). The summed E-state index contributed by atoms with van der Waals surface area (Å²) in [5, 5.41) is 5.58. The van der Waals surface area contributed by atoms with Crippen molar-refractivity contribution in [2.45, 2.75) is 19.9 Å². The first kappa shape index (κ1) is 12.5. The maximum absolute atomic E-state index is 4.72. The van der Waals surface area contributed by atoms with Gasteiger partial charge >= 0.3 is 0 Å². The molecule has 0 fully saturated rings. The lowest BCUT2D eigenvalue weighted by Gasteiger charge is -2.08. The molecule has 3 nitrogen and oxygen atoms in total. The van der Waals surface area contributed by atoms with Crippen LogP contribution in [0.3, 0.4) is 0 Å². The molecule has 1 aliphatic heterocycles. The molecule has 1 aliphatic rings. The van der Waals surface area contributed by atoms with Crippen LogP contribution in [0, 0.1) is 5.92 Å². The van der Waals surface area contributed by atoms with E-state index < -0.39 is 0 Å². The molecular formula is C15H17N3S. The number of nitrogens with one attached hydrogen (secondary N) is 1. The Balaban J connectivity index is 1.80. The summed E-state index contributed by atoms with van der Waals surface area (Å²) < 4.78 is 0. The molecule has 1 atom stereocenters. The van der Waals surface area contributed by atoms with E-state index in [1.807, 2.05) is 18.3 Å². The molecule has 0 radical (unpaired) electrons. The van der Waals surface area contributed by atoms with Crippen molar-refractivity contribution < 1.29 is 0 Å². The Labute approximate surface area is 117 Å². The quantitative estimate of drug-likeness (QED) is 0.903. The molecule has 1 unspecified atom stereocenters. The van der Waals surface area contributed by atoms with Gasteiger partial charge < -0.3 is 5.32 Å². The summed E-state index contributed by atoms with van der Waals surface area (Å²) in [5.74, 6) is 1.68. The van der Waals surface area contributed by atoms with Gasteiger partial charge in [0.1, 0.15) is 0 Å². The molecule has 2 heterocycles. The van der Waals surface area contributed by atoms with Crippen molar-refractivity contribution in [2.24, 2.45) is 10.9 Å². The Hall–Kier alpha value is -1.55. The Morgan fingerprint density at radius 2 is 2.21 bits per heavy atom. The van der Waals surface area contributed by atoms with E-state index in [0.717, 1.165) is 27.5 Å². The Morgan fingerprint density at radius 1 is 1.32 bits per heavy atom. The van der Waals surface area contributed by atoms with Gasteiger partial charge in [0.25, 0.3) is 0 Å². The highest BCUT2D eigenvalue weighted by Crippen LogP contribution is 2.25. The van der Waals surface area contributed by atoms with Crippen LogP contribution >= 0.6 is 11.8 Å². The third-order valence-electron chi connectivity index (χ3n) is 3.30. The number of pyridine rings is 1. The van der Waals surface area contributed by atoms with E-state index in [0.29, 0.717) is 12.0 Å². The molecule has 19 heavy (non-hydrogen) atoms. The van der Waals surface area contributed by atoms with Gasteiger partial charge in [0, 0.05) is 23.0 Å². The Bertz CT molecular complexity index is 622. The average Bonchev–Trinajstić information content (AvgIpc) is 2.87. The molecule has 0 amide bonds. The molecule has 0 aliphatic carbocycles. The highest BCUT2D eigenvalue weighted by molar-refractivity contribution is 8.14. The molecule has 0 saturated heterocycles. The van der Waals surface area contributed by atoms with E-state index in [4.69, 9.17) is 4.99 Å². The first-order chi connectivity index (χ1) is 9.22. The van der Waals surface area contributed by atoms with Gasteiger partial charge in [0.2, 0.25) is 0 Å². The number of anilines is 1. The van der Waals surface area contributed by atoms with E-state index in [9.17, 15) is 0 Å². The van der Waals surface area contributed by atoms with Gasteiger partial charge in [-0.1, -0.05) is 31.7 Å². The number of aliphatic imine (C=N–C) groups is 1. The topological polar surface area (TPSA) is 37.3 Å². The first-order valence-electron chi connectivity index (χ1n) is 6.55. The summed E-state index contributed by atoms with van der Waals surface area (Å²) >= 11 is 1.80. The molecule has 1 aromatic heterocycles. The molecule has 1 N–H and O–H groups in total. The van der Waals surface area contributed by atoms with Crippen molar-refractivity contribution in [1.82, 2.24) is 4.98 Å². The molecule has 0 spiro atoms. The van der Waals surface area contributed by atoms with Crippen LogP contribution in [0.1, 0.15) is 13.8 Å². The number of thioether (sulfide) groups is 1. The van der Waals surface area contributed by atoms with Crippen molar-refractivity contribution in [3.05, 3.63) is 36.5 Å². The summed E-state index contributed by atoms with van der Waals surface area (Å²) in [4.78, 5) is 9.04. The fraction of sp³-hybridized carbons (Fsp3) is 0.333. The number of hydrogen-bond acceptors (Lipinski definition) is 4. The number of hydrogen-bond donors (Lipinski definition) is 1. The zero-order valence-electron chi connectivity index (χ0n) is 11.1.